The number of aliphatic imine (C=N–C) groups is 1. The molecule has 7 nitrogen and oxygen atoms in total. The molecule has 1 aliphatic carbocycles. The van der Waals surface area contributed by atoms with Gasteiger partial charge in [-0.15, -0.1) is 24.0 Å². The van der Waals surface area contributed by atoms with Gasteiger partial charge in [-0.3, -0.25) is 4.79 Å². The molecule has 1 fully saturated rings. The number of carbonyl (C=O) groups is 1. The van der Waals surface area contributed by atoms with Gasteiger partial charge in [-0.05, 0) is 63.4 Å². The maximum atomic E-state index is 12.0. The monoisotopic (exact) mass is 545 g/mol. The number of likely N-dealkylation sites (N-methyl/N-ethyl adjacent to an activating group) is 1. The molecule has 0 heterocycles. The van der Waals surface area contributed by atoms with Crippen LogP contribution in [0.2, 0.25) is 0 Å². The van der Waals surface area contributed by atoms with Crippen molar-refractivity contribution in [2.45, 2.75) is 52.0 Å². The summed E-state index contributed by atoms with van der Waals surface area (Å²) in [5.41, 5.74) is 1.99. The normalized spacial score (nSPS) is 15.8. The second kappa shape index (κ2) is 14.6. The summed E-state index contributed by atoms with van der Waals surface area (Å²) in [7, 11) is 3.75. The van der Waals surface area contributed by atoms with Crippen molar-refractivity contribution in [2.75, 3.05) is 45.7 Å². The molecule has 0 atom stereocenters. The average molecular weight is 546 g/mol. The van der Waals surface area contributed by atoms with Gasteiger partial charge < -0.3 is 26.0 Å². The molecule has 1 aromatic rings. The first-order chi connectivity index (χ1) is 14.5. The zero-order valence-corrected chi connectivity index (χ0v) is 21.6. The predicted molar refractivity (Wildman–Crippen MR) is 139 cm³/mol. The van der Waals surface area contributed by atoms with E-state index in [2.05, 4.69) is 22.9 Å². The van der Waals surface area contributed by atoms with Crippen LogP contribution >= 0.6 is 24.0 Å². The first-order valence-electron chi connectivity index (χ1n) is 11.1. The molecule has 0 radical (unpaired) electrons. The van der Waals surface area contributed by atoms with Crippen LogP contribution in [-0.2, 0) is 11.3 Å². The summed E-state index contributed by atoms with van der Waals surface area (Å²) in [6.45, 7) is 4.80. The fraction of sp³-hybridized carbons (Fsp3) is 0.652. The molecule has 0 aliphatic heterocycles. The zero-order chi connectivity index (χ0) is 21.8. The third-order valence-electron chi connectivity index (χ3n) is 5.62. The minimum Gasteiger partial charge on any atom is -0.396 e. The van der Waals surface area contributed by atoms with Crippen molar-refractivity contribution < 1.29 is 9.90 Å². The van der Waals surface area contributed by atoms with Crippen molar-refractivity contribution in [3.05, 3.63) is 29.8 Å². The van der Waals surface area contributed by atoms with E-state index in [4.69, 9.17) is 4.99 Å². The summed E-state index contributed by atoms with van der Waals surface area (Å²) >= 11 is 0. The highest BCUT2D eigenvalue weighted by Crippen LogP contribution is 2.38. The molecule has 1 aromatic carbocycles. The van der Waals surface area contributed by atoms with Gasteiger partial charge >= 0.3 is 0 Å². The van der Waals surface area contributed by atoms with Crippen LogP contribution in [0, 0.1) is 5.41 Å². The van der Waals surface area contributed by atoms with Crippen LogP contribution in [0.3, 0.4) is 0 Å². The lowest BCUT2D eigenvalue weighted by molar-refractivity contribution is -0.116. The number of nitrogens with zero attached hydrogens (tertiary/aromatic N) is 2. The van der Waals surface area contributed by atoms with Gasteiger partial charge in [0.25, 0.3) is 0 Å². The predicted octanol–water partition coefficient (Wildman–Crippen LogP) is 3.19. The second-order valence-electron chi connectivity index (χ2n) is 8.57. The Morgan fingerprint density at radius 3 is 2.58 bits per heavy atom. The Bertz CT molecular complexity index is 685. The van der Waals surface area contributed by atoms with Gasteiger partial charge in [0.05, 0.1) is 13.1 Å². The van der Waals surface area contributed by atoms with Gasteiger partial charge in [0.2, 0.25) is 5.91 Å². The molecule has 0 aromatic heterocycles. The van der Waals surface area contributed by atoms with Crippen LogP contribution in [0.4, 0.5) is 5.69 Å². The van der Waals surface area contributed by atoms with Crippen LogP contribution < -0.4 is 16.0 Å². The van der Waals surface area contributed by atoms with Crippen molar-refractivity contribution in [1.82, 2.24) is 15.5 Å². The van der Waals surface area contributed by atoms with Crippen LogP contribution in [0.1, 0.15) is 51.0 Å². The SMILES string of the molecule is CCNC(=NCc1cccc(NC(=O)CN(C)C)c1)NCC1(CCO)CCCCC1.I. The van der Waals surface area contributed by atoms with E-state index in [1.807, 2.05) is 43.3 Å². The molecule has 31 heavy (non-hydrogen) atoms. The standard InChI is InChI=1S/C23H39N5O2.HI/c1-4-24-22(26-18-23(13-14-29)11-6-5-7-12-23)25-16-19-9-8-10-20(15-19)27-21(30)17-28(2)3;/h8-10,15,29H,4-7,11-14,16-18H2,1-3H3,(H,27,30)(H2,24,25,26);1H. The zero-order valence-electron chi connectivity index (χ0n) is 19.2. The minimum atomic E-state index is -0.0303. The fourth-order valence-corrected chi connectivity index (χ4v) is 4.07. The Morgan fingerprint density at radius 1 is 1.19 bits per heavy atom. The highest BCUT2D eigenvalue weighted by Gasteiger charge is 2.31. The lowest BCUT2D eigenvalue weighted by Crippen LogP contribution is -2.44. The molecule has 0 saturated heterocycles. The number of carbonyl (C=O) groups excluding carboxylic acids is 1. The molecule has 0 spiro atoms. The maximum absolute atomic E-state index is 12.0. The number of rotatable bonds is 10. The lowest BCUT2D eigenvalue weighted by Gasteiger charge is -2.37. The minimum absolute atomic E-state index is 0. The van der Waals surface area contributed by atoms with E-state index in [0.717, 1.165) is 49.6 Å². The number of hydrogen-bond acceptors (Lipinski definition) is 4. The topological polar surface area (TPSA) is 89.0 Å². The van der Waals surface area contributed by atoms with E-state index in [1.54, 1.807) is 0 Å². The summed E-state index contributed by atoms with van der Waals surface area (Å²) in [4.78, 5) is 18.6. The van der Waals surface area contributed by atoms with Gasteiger partial charge in [-0.1, -0.05) is 31.4 Å². The van der Waals surface area contributed by atoms with Crippen molar-refractivity contribution in [1.29, 1.82) is 0 Å². The first-order valence-corrected chi connectivity index (χ1v) is 11.1. The molecule has 0 unspecified atom stereocenters. The number of nitrogens with one attached hydrogen (secondary N) is 3. The van der Waals surface area contributed by atoms with Crippen LogP contribution in [0.25, 0.3) is 0 Å². The molecule has 176 valence electrons. The molecule has 1 amide bonds. The number of amides is 1. The van der Waals surface area contributed by atoms with Crippen molar-refractivity contribution in [3.8, 4) is 0 Å². The van der Waals surface area contributed by atoms with Crippen molar-refractivity contribution in [3.63, 3.8) is 0 Å². The lowest BCUT2D eigenvalue weighted by atomic mass is 9.72. The number of halogens is 1. The van der Waals surface area contributed by atoms with Gasteiger partial charge in [-0.2, -0.15) is 0 Å². The number of aliphatic hydroxyl groups is 1. The average Bonchev–Trinajstić information content (AvgIpc) is 2.71. The largest absolute Gasteiger partial charge is 0.396 e. The van der Waals surface area contributed by atoms with E-state index in [9.17, 15) is 9.90 Å². The maximum Gasteiger partial charge on any atom is 0.238 e. The molecule has 1 aliphatic rings. The van der Waals surface area contributed by atoms with E-state index in [1.165, 1.54) is 19.3 Å². The molecule has 0 bridgehead atoms. The smallest absolute Gasteiger partial charge is 0.238 e. The quantitative estimate of drug-likeness (QED) is 0.206. The summed E-state index contributed by atoms with van der Waals surface area (Å²) in [5, 5.41) is 19.3. The number of aliphatic hydroxyl groups excluding tert-OH is 1. The number of hydrogen-bond donors (Lipinski definition) is 4. The second-order valence-corrected chi connectivity index (χ2v) is 8.57. The van der Waals surface area contributed by atoms with Gasteiger partial charge in [0.15, 0.2) is 5.96 Å². The molecule has 4 N–H and O–H groups in total. The van der Waals surface area contributed by atoms with Crippen LogP contribution in [0.15, 0.2) is 29.3 Å². The first kappa shape index (κ1) is 27.6. The van der Waals surface area contributed by atoms with Gasteiger partial charge in [0, 0.05) is 25.4 Å². The molecule has 2 rings (SSSR count). The Hall–Kier alpha value is -1.39. The highest BCUT2D eigenvalue weighted by molar-refractivity contribution is 14.0. The summed E-state index contributed by atoms with van der Waals surface area (Å²) < 4.78 is 0. The third-order valence-corrected chi connectivity index (χ3v) is 5.62. The molecule has 8 heteroatoms. The van der Waals surface area contributed by atoms with Crippen molar-refractivity contribution in [2.24, 2.45) is 10.4 Å². The van der Waals surface area contributed by atoms with Crippen molar-refractivity contribution >= 4 is 41.5 Å². The fourth-order valence-electron chi connectivity index (χ4n) is 4.07. The van der Waals surface area contributed by atoms with E-state index >= 15 is 0 Å². The van der Waals surface area contributed by atoms with E-state index in [0.29, 0.717) is 13.1 Å². The molecule has 1 saturated carbocycles. The summed E-state index contributed by atoms with van der Waals surface area (Å²) in [6.07, 6.45) is 6.93. The Kier molecular flexibility index (Phi) is 13.0. The molecular weight excluding hydrogens is 505 g/mol. The van der Waals surface area contributed by atoms with Gasteiger partial charge in [0.1, 0.15) is 0 Å². The van der Waals surface area contributed by atoms with E-state index in [-0.39, 0.29) is 41.9 Å². The third kappa shape index (κ3) is 10.2. The van der Waals surface area contributed by atoms with Gasteiger partial charge in [-0.25, -0.2) is 4.99 Å². The summed E-state index contributed by atoms with van der Waals surface area (Å²) in [6, 6.07) is 7.82. The number of anilines is 1. The van der Waals surface area contributed by atoms with E-state index < -0.39 is 0 Å². The van der Waals surface area contributed by atoms with Crippen LogP contribution in [0.5, 0.6) is 0 Å². The number of benzene rings is 1. The Balaban J connectivity index is 0.00000480. The number of guanidine groups is 1. The molecular formula is C23H40IN5O2. The Morgan fingerprint density at radius 2 is 1.94 bits per heavy atom. The summed E-state index contributed by atoms with van der Waals surface area (Å²) in [5.74, 6) is 0.764. The Labute approximate surface area is 204 Å². The highest BCUT2D eigenvalue weighted by atomic mass is 127. The van der Waals surface area contributed by atoms with Crippen LogP contribution in [-0.4, -0.2) is 62.2 Å².